The van der Waals surface area contributed by atoms with Crippen LogP contribution in [-0.2, 0) is 9.53 Å². The van der Waals surface area contributed by atoms with Crippen LogP contribution in [0.15, 0.2) is 33.4 Å². The molecule has 2 heterocycles. The zero-order chi connectivity index (χ0) is 13.8. The molecule has 0 saturated carbocycles. The Bertz CT molecular complexity index is 573. The summed E-state index contributed by atoms with van der Waals surface area (Å²) in [5, 5.41) is 3.65. The zero-order valence-electron chi connectivity index (χ0n) is 10.5. The highest BCUT2D eigenvalue weighted by Gasteiger charge is 2.20. The lowest BCUT2D eigenvalue weighted by Crippen LogP contribution is -2.32. The summed E-state index contributed by atoms with van der Waals surface area (Å²) in [6.45, 7) is -0.154. The van der Waals surface area contributed by atoms with E-state index in [-0.39, 0.29) is 12.2 Å². The number of furan rings is 1. The maximum Gasteiger partial charge on any atom is 0.325 e. The number of rotatable bonds is 4. The van der Waals surface area contributed by atoms with Crippen LogP contribution < -0.4 is 0 Å². The Morgan fingerprint density at radius 1 is 1.42 bits per heavy atom. The van der Waals surface area contributed by atoms with E-state index in [4.69, 9.17) is 8.94 Å². The topological polar surface area (TPSA) is 85.8 Å². The molecule has 0 bridgehead atoms. The Balaban J connectivity index is 2.10. The average molecular weight is 264 g/mol. The molecule has 0 spiro atoms. The van der Waals surface area contributed by atoms with Gasteiger partial charge in [0.2, 0.25) is 5.76 Å². The number of hydrogen-bond acceptors (Lipinski definition) is 6. The van der Waals surface area contributed by atoms with Crippen LogP contribution in [0, 0.1) is 0 Å². The fraction of sp³-hybridized carbons (Fsp3) is 0.250. The number of ether oxygens (including phenoxy) is 1. The molecule has 0 N–H and O–H groups in total. The number of hydrogen-bond donors (Lipinski definition) is 0. The summed E-state index contributed by atoms with van der Waals surface area (Å²) in [6.07, 6.45) is 1.49. The third kappa shape index (κ3) is 2.82. The number of carbonyl (C=O) groups is 2. The molecular weight excluding hydrogens is 252 g/mol. The molecule has 7 nitrogen and oxygen atoms in total. The van der Waals surface area contributed by atoms with Crippen molar-refractivity contribution in [2.45, 2.75) is 0 Å². The van der Waals surface area contributed by atoms with E-state index in [0.717, 1.165) is 0 Å². The lowest BCUT2D eigenvalue weighted by molar-refractivity contribution is -0.141. The highest BCUT2D eigenvalue weighted by Crippen LogP contribution is 2.20. The lowest BCUT2D eigenvalue weighted by Gasteiger charge is -2.13. The van der Waals surface area contributed by atoms with Crippen molar-refractivity contribution in [1.29, 1.82) is 0 Å². The van der Waals surface area contributed by atoms with Crippen LogP contribution in [0.5, 0.6) is 0 Å². The van der Waals surface area contributed by atoms with Crippen LogP contribution in [0.4, 0.5) is 0 Å². The monoisotopic (exact) mass is 264 g/mol. The van der Waals surface area contributed by atoms with Crippen molar-refractivity contribution >= 4 is 11.9 Å². The van der Waals surface area contributed by atoms with E-state index in [2.05, 4.69) is 9.89 Å². The van der Waals surface area contributed by atoms with Crippen molar-refractivity contribution < 1.29 is 23.3 Å². The quantitative estimate of drug-likeness (QED) is 0.771. The number of methoxy groups -OCH3 is 1. The minimum atomic E-state index is -0.509. The van der Waals surface area contributed by atoms with Gasteiger partial charge in [-0.05, 0) is 12.1 Å². The van der Waals surface area contributed by atoms with Gasteiger partial charge in [0, 0.05) is 13.1 Å². The van der Waals surface area contributed by atoms with Crippen molar-refractivity contribution in [3.63, 3.8) is 0 Å². The minimum Gasteiger partial charge on any atom is -0.468 e. The van der Waals surface area contributed by atoms with Crippen molar-refractivity contribution in [1.82, 2.24) is 10.1 Å². The van der Waals surface area contributed by atoms with Crippen molar-refractivity contribution in [3.8, 4) is 11.5 Å². The maximum atomic E-state index is 11.9. The van der Waals surface area contributed by atoms with Crippen LogP contribution in [0.3, 0.4) is 0 Å². The van der Waals surface area contributed by atoms with E-state index in [1.54, 1.807) is 12.1 Å². The van der Waals surface area contributed by atoms with Crippen molar-refractivity contribution in [2.24, 2.45) is 0 Å². The number of nitrogens with zero attached hydrogens (tertiary/aromatic N) is 2. The number of esters is 1. The van der Waals surface area contributed by atoms with E-state index in [1.807, 2.05) is 0 Å². The van der Waals surface area contributed by atoms with Gasteiger partial charge in [0.1, 0.15) is 6.54 Å². The summed E-state index contributed by atoms with van der Waals surface area (Å²) in [7, 11) is 2.73. The van der Waals surface area contributed by atoms with Gasteiger partial charge >= 0.3 is 5.97 Å². The Morgan fingerprint density at radius 2 is 2.21 bits per heavy atom. The van der Waals surface area contributed by atoms with Crippen LogP contribution in [-0.4, -0.2) is 42.6 Å². The number of aromatic nitrogens is 1. The first-order valence-corrected chi connectivity index (χ1v) is 5.44. The SMILES string of the molecule is COC(=O)CN(C)C(=O)c1cc(-c2ccco2)on1. The number of likely N-dealkylation sites (N-methyl/N-ethyl adjacent to an activating group) is 1. The summed E-state index contributed by atoms with van der Waals surface area (Å²) >= 11 is 0. The highest BCUT2D eigenvalue weighted by atomic mass is 16.5. The molecule has 0 atom stereocenters. The molecule has 19 heavy (non-hydrogen) atoms. The normalized spacial score (nSPS) is 10.2. The van der Waals surface area contributed by atoms with Gasteiger partial charge in [-0.3, -0.25) is 9.59 Å². The predicted molar refractivity (Wildman–Crippen MR) is 63.2 cm³/mol. The Hall–Kier alpha value is -2.57. The van der Waals surface area contributed by atoms with E-state index in [1.165, 1.54) is 31.4 Å². The van der Waals surface area contributed by atoms with Gasteiger partial charge in [-0.2, -0.15) is 0 Å². The van der Waals surface area contributed by atoms with Crippen molar-refractivity contribution in [2.75, 3.05) is 20.7 Å². The second kappa shape index (κ2) is 5.38. The van der Waals surface area contributed by atoms with Crippen LogP contribution in [0.25, 0.3) is 11.5 Å². The molecule has 2 aromatic rings. The molecular formula is C12H12N2O5. The van der Waals surface area contributed by atoms with Gasteiger partial charge < -0.3 is 18.6 Å². The molecule has 0 aliphatic carbocycles. The molecule has 0 aliphatic heterocycles. The maximum absolute atomic E-state index is 11.9. The fourth-order valence-corrected chi connectivity index (χ4v) is 1.44. The van der Waals surface area contributed by atoms with Crippen LogP contribution >= 0.6 is 0 Å². The zero-order valence-corrected chi connectivity index (χ0v) is 10.5. The summed E-state index contributed by atoms with van der Waals surface area (Å²) < 4.78 is 14.6. The van der Waals surface area contributed by atoms with Crippen molar-refractivity contribution in [3.05, 3.63) is 30.2 Å². The molecule has 2 aromatic heterocycles. The van der Waals surface area contributed by atoms with Gasteiger partial charge in [-0.15, -0.1) is 0 Å². The van der Waals surface area contributed by atoms with Gasteiger partial charge in [0.25, 0.3) is 5.91 Å². The number of amides is 1. The van der Waals surface area contributed by atoms with Gasteiger partial charge in [0.05, 0.1) is 13.4 Å². The molecule has 7 heteroatoms. The van der Waals surface area contributed by atoms with E-state index in [0.29, 0.717) is 11.5 Å². The summed E-state index contributed by atoms with van der Waals surface area (Å²) in [5.41, 5.74) is 0.0952. The van der Waals surface area contributed by atoms with E-state index < -0.39 is 11.9 Å². The predicted octanol–water partition coefficient (Wildman–Crippen LogP) is 1.18. The Morgan fingerprint density at radius 3 is 2.84 bits per heavy atom. The van der Waals surface area contributed by atoms with Gasteiger partial charge in [-0.25, -0.2) is 0 Å². The third-order valence-electron chi connectivity index (χ3n) is 2.43. The third-order valence-corrected chi connectivity index (χ3v) is 2.43. The van der Waals surface area contributed by atoms with Gasteiger partial charge in [-0.1, -0.05) is 5.16 Å². The highest BCUT2D eigenvalue weighted by molar-refractivity contribution is 5.94. The molecule has 0 saturated heterocycles. The average Bonchev–Trinajstić information content (AvgIpc) is 3.07. The smallest absolute Gasteiger partial charge is 0.325 e. The Kier molecular flexibility index (Phi) is 3.65. The first kappa shape index (κ1) is 12.9. The molecule has 1 amide bonds. The first-order valence-electron chi connectivity index (χ1n) is 5.44. The minimum absolute atomic E-state index is 0.0952. The lowest BCUT2D eigenvalue weighted by atomic mass is 10.3. The first-order chi connectivity index (χ1) is 9.11. The molecule has 0 aromatic carbocycles. The molecule has 0 radical (unpaired) electrons. The van der Waals surface area contributed by atoms with Crippen LogP contribution in [0.2, 0.25) is 0 Å². The van der Waals surface area contributed by atoms with Crippen LogP contribution in [0.1, 0.15) is 10.5 Å². The summed E-state index contributed by atoms with van der Waals surface area (Å²) in [5.74, 6) is -0.125. The fourth-order valence-electron chi connectivity index (χ4n) is 1.44. The standard InChI is InChI=1S/C12H12N2O5/c1-14(7-11(15)17-2)12(16)8-6-10(19-13-8)9-4-3-5-18-9/h3-6H,7H2,1-2H3. The Labute approximate surface area is 108 Å². The van der Waals surface area contributed by atoms with E-state index >= 15 is 0 Å². The van der Waals surface area contributed by atoms with E-state index in [9.17, 15) is 9.59 Å². The summed E-state index contributed by atoms with van der Waals surface area (Å²) in [6, 6.07) is 4.84. The largest absolute Gasteiger partial charge is 0.468 e. The second-order valence-corrected chi connectivity index (χ2v) is 3.79. The molecule has 0 fully saturated rings. The number of carbonyl (C=O) groups excluding carboxylic acids is 2. The molecule has 0 unspecified atom stereocenters. The summed E-state index contributed by atoms with van der Waals surface area (Å²) in [4.78, 5) is 24.2. The molecule has 100 valence electrons. The van der Waals surface area contributed by atoms with Gasteiger partial charge in [0.15, 0.2) is 11.5 Å². The molecule has 0 aliphatic rings. The second-order valence-electron chi connectivity index (χ2n) is 3.79. The molecule has 2 rings (SSSR count).